The lowest BCUT2D eigenvalue weighted by Crippen LogP contribution is -2.54. The summed E-state index contributed by atoms with van der Waals surface area (Å²) in [5.41, 5.74) is 1.31. The van der Waals surface area contributed by atoms with Crippen LogP contribution in [0.15, 0.2) is 52.7 Å². The first-order chi connectivity index (χ1) is 31.5. The Bertz CT molecular complexity index is 2370. The van der Waals surface area contributed by atoms with Gasteiger partial charge in [0.05, 0.1) is 72.8 Å². The molecular formula is C46H61N9O12. The highest BCUT2D eigenvalue weighted by Gasteiger charge is 2.54. The minimum Gasteiger partial charge on any atom is -0.494 e. The van der Waals surface area contributed by atoms with Crippen LogP contribution in [-0.4, -0.2) is 106 Å². The highest BCUT2D eigenvalue weighted by Crippen LogP contribution is 2.44. The number of amides is 3. The van der Waals surface area contributed by atoms with Crippen molar-refractivity contribution in [2.75, 3.05) is 44.0 Å². The SMILES string of the molecule is [C-]#[N+]c1c(C(C)(C)C)nn(CCNC(=O)C(C(CC(C)c2ccccc2)C(=O)O)C(C(=O)O)C(C(=O)NC)C(C(=O)O)C(C)C(=O)O)c1/N=N/c1cc(OC)c(N(CC)CC)cc1NC(C)=O. The van der Waals surface area contributed by atoms with Gasteiger partial charge in [-0.15, -0.1) is 10.2 Å². The van der Waals surface area contributed by atoms with Crippen molar-refractivity contribution in [1.82, 2.24) is 20.4 Å². The molecule has 0 aliphatic rings. The molecule has 1 heterocycles. The van der Waals surface area contributed by atoms with E-state index < -0.39 is 95.0 Å². The quantitative estimate of drug-likeness (QED) is 0.0396. The number of carbonyl (C=O) groups is 7. The van der Waals surface area contributed by atoms with Gasteiger partial charge in [0.15, 0.2) is 5.82 Å². The first-order valence-corrected chi connectivity index (χ1v) is 21.6. The molecule has 0 bridgehead atoms. The number of azo groups is 1. The molecule has 3 rings (SSSR count). The van der Waals surface area contributed by atoms with Gasteiger partial charge < -0.3 is 46.0 Å². The van der Waals surface area contributed by atoms with Crippen LogP contribution in [0, 0.1) is 42.1 Å². The van der Waals surface area contributed by atoms with Crippen LogP contribution in [0.1, 0.15) is 79.0 Å². The third-order valence-electron chi connectivity index (χ3n) is 11.5. The van der Waals surface area contributed by atoms with E-state index in [1.54, 1.807) is 70.2 Å². The number of carboxylic acid groups (broad SMARTS) is 4. The van der Waals surface area contributed by atoms with Crippen LogP contribution < -0.4 is 25.6 Å². The third kappa shape index (κ3) is 13.1. The van der Waals surface area contributed by atoms with Gasteiger partial charge in [-0.3, -0.25) is 38.2 Å². The Balaban J connectivity index is 2.25. The maximum atomic E-state index is 14.6. The van der Waals surface area contributed by atoms with Gasteiger partial charge >= 0.3 is 23.9 Å². The number of nitrogens with zero attached hydrogens (tertiary/aromatic N) is 6. The van der Waals surface area contributed by atoms with Gasteiger partial charge in [0.2, 0.25) is 17.7 Å². The second kappa shape index (κ2) is 23.7. The summed E-state index contributed by atoms with van der Waals surface area (Å²) in [7, 11) is 2.55. The number of hydrogen-bond acceptors (Lipinski definition) is 12. The number of nitrogens with one attached hydrogen (secondary N) is 3. The highest BCUT2D eigenvalue weighted by atomic mass is 16.5. The molecule has 1 aromatic heterocycles. The van der Waals surface area contributed by atoms with E-state index in [0.29, 0.717) is 35.8 Å². The van der Waals surface area contributed by atoms with E-state index in [1.807, 2.05) is 18.7 Å². The molecule has 362 valence electrons. The Kier molecular flexibility index (Phi) is 19.1. The molecule has 0 radical (unpaired) electrons. The number of carbonyl (C=O) groups excluding carboxylic acids is 3. The van der Waals surface area contributed by atoms with Crippen LogP contribution in [0.25, 0.3) is 4.85 Å². The normalized spacial score (nSPS) is 14.6. The number of carboxylic acids is 4. The van der Waals surface area contributed by atoms with E-state index >= 15 is 0 Å². The summed E-state index contributed by atoms with van der Waals surface area (Å²) >= 11 is 0. The molecule has 0 aliphatic carbocycles. The Hall–Kier alpha value is -7.37. The van der Waals surface area contributed by atoms with E-state index in [4.69, 9.17) is 11.3 Å². The van der Waals surface area contributed by atoms with Crippen LogP contribution in [0.2, 0.25) is 0 Å². The molecule has 21 heteroatoms. The zero-order valence-corrected chi connectivity index (χ0v) is 39.4. The van der Waals surface area contributed by atoms with Crippen molar-refractivity contribution in [2.45, 2.75) is 79.7 Å². The number of benzene rings is 2. The highest BCUT2D eigenvalue weighted by molar-refractivity contribution is 5.96. The zero-order chi connectivity index (χ0) is 50.5. The predicted molar refractivity (Wildman–Crippen MR) is 246 cm³/mol. The second-order valence-corrected chi connectivity index (χ2v) is 17.0. The Morgan fingerprint density at radius 1 is 0.866 bits per heavy atom. The lowest BCUT2D eigenvalue weighted by molar-refractivity contribution is -0.168. The number of methoxy groups -OCH3 is 1. The summed E-state index contributed by atoms with van der Waals surface area (Å²) in [6, 6.07) is 11.8. The summed E-state index contributed by atoms with van der Waals surface area (Å²) in [5, 5.41) is 62.8. The monoisotopic (exact) mass is 931 g/mol. The fourth-order valence-electron chi connectivity index (χ4n) is 8.09. The molecular weight excluding hydrogens is 871 g/mol. The number of ether oxygens (including phenoxy) is 1. The molecule has 21 nitrogen and oxygen atoms in total. The minimum atomic E-state index is -2.38. The molecule has 2 aromatic carbocycles. The van der Waals surface area contributed by atoms with E-state index in [-0.39, 0.29) is 35.8 Å². The smallest absolute Gasteiger partial charge is 0.308 e. The second-order valence-electron chi connectivity index (χ2n) is 17.0. The van der Waals surface area contributed by atoms with Crippen LogP contribution in [0.5, 0.6) is 5.75 Å². The standard InChI is InChI=1S/C46H61N9O12/c1-12-54(13-2)31-22-29(50-26(5)56)30(23-32(31)67-11)51-52-39-37(47-9)38(46(6,7)8)53-55(39)20-19-49-41(58)34(28(43(61)62)21-24(3)27-17-15-14-16-18-27)36(45(65)66)35(40(57)48-10)33(44(63)64)25(4)42(59)60/h14-18,22-25,28,33-36H,12-13,19-21H2,1-8,10-11H3,(H,48,57)(H,49,58)(H,50,56)(H,59,60)(H,61,62)(H,63,64)(H,65,66)/b52-51+. The van der Waals surface area contributed by atoms with Gasteiger partial charge in [-0.25, -0.2) is 4.85 Å². The molecule has 67 heavy (non-hydrogen) atoms. The van der Waals surface area contributed by atoms with Gasteiger partial charge in [0.1, 0.15) is 11.4 Å². The van der Waals surface area contributed by atoms with Gasteiger partial charge in [-0.2, -0.15) is 5.10 Å². The predicted octanol–water partition coefficient (Wildman–Crippen LogP) is 6.07. The lowest BCUT2D eigenvalue weighted by atomic mass is 9.65. The van der Waals surface area contributed by atoms with Crippen LogP contribution in [0.4, 0.5) is 28.6 Å². The average molecular weight is 932 g/mol. The fraction of sp³-hybridized carbons (Fsp3) is 0.500. The molecule has 0 saturated heterocycles. The van der Waals surface area contributed by atoms with E-state index in [0.717, 1.165) is 14.0 Å². The molecule has 3 amide bonds. The van der Waals surface area contributed by atoms with Crippen molar-refractivity contribution in [3.8, 4) is 5.75 Å². The average Bonchev–Trinajstić information content (AvgIpc) is 3.64. The summed E-state index contributed by atoms with van der Waals surface area (Å²) in [5.74, 6) is -22.9. The van der Waals surface area contributed by atoms with Gasteiger partial charge in [0.25, 0.3) is 5.69 Å². The van der Waals surface area contributed by atoms with Crippen molar-refractivity contribution in [3.05, 3.63) is 65.1 Å². The fourth-order valence-corrected chi connectivity index (χ4v) is 8.09. The van der Waals surface area contributed by atoms with Crippen LogP contribution in [-0.2, 0) is 45.5 Å². The van der Waals surface area contributed by atoms with Crippen molar-refractivity contribution < 1.29 is 58.7 Å². The molecule has 0 spiro atoms. The van der Waals surface area contributed by atoms with Crippen molar-refractivity contribution in [3.63, 3.8) is 0 Å². The lowest BCUT2D eigenvalue weighted by Gasteiger charge is -2.36. The molecule has 0 saturated carbocycles. The molecule has 0 fully saturated rings. The first-order valence-electron chi connectivity index (χ1n) is 21.6. The van der Waals surface area contributed by atoms with E-state index in [9.17, 15) is 54.0 Å². The van der Waals surface area contributed by atoms with E-state index in [1.165, 1.54) is 18.7 Å². The minimum absolute atomic E-state index is 0.000668. The Labute approximate surface area is 388 Å². The summed E-state index contributed by atoms with van der Waals surface area (Å²) in [6.45, 7) is 22.0. The van der Waals surface area contributed by atoms with Crippen LogP contribution >= 0.6 is 0 Å². The van der Waals surface area contributed by atoms with Crippen molar-refractivity contribution in [1.29, 1.82) is 0 Å². The molecule has 7 N–H and O–H groups in total. The number of hydrogen-bond donors (Lipinski definition) is 7. The Morgan fingerprint density at radius 2 is 1.48 bits per heavy atom. The van der Waals surface area contributed by atoms with Crippen molar-refractivity contribution >= 4 is 70.2 Å². The maximum Gasteiger partial charge on any atom is 0.308 e. The number of rotatable bonds is 24. The van der Waals surface area contributed by atoms with Crippen molar-refractivity contribution in [2.24, 2.45) is 45.7 Å². The van der Waals surface area contributed by atoms with E-state index in [2.05, 4.69) is 36.1 Å². The summed E-state index contributed by atoms with van der Waals surface area (Å²) in [4.78, 5) is 98.0. The first kappa shape index (κ1) is 54.0. The van der Waals surface area contributed by atoms with Gasteiger partial charge in [-0.05, 0) is 43.2 Å². The third-order valence-corrected chi connectivity index (χ3v) is 11.5. The summed E-state index contributed by atoms with van der Waals surface area (Å²) < 4.78 is 6.94. The Morgan fingerprint density at radius 3 is 1.96 bits per heavy atom. The molecule has 7 unspecified atom stereocenters. The molecule has 3 aromatic rings. The molecule has 7 atom stereocenters. The topological polar surface area (TPSA) is 296 Å². The zero-order valence-electron chi connectivity index (χ0n) is 39.4. The van der Waals surface area contributed by atoms with Crippen LogP contribution in [0.3, 0.4) is 0 Å². The van der Waals surface area contributed by atoms with Gasteiger partial charge in [0, 0.05) is 39.7 Å². The molecule has 0 aliphatic heterocycles. The summed E-state index contributed by atoms with van der Waals surface area (Å²) in [6.07, 6.45) is -0.359. The number of aromatic nitrogens is 2. The van der Waals surface area contributed by atoms with Gasteiger partial charge in [-0.1, -0.05) is 65.0 Å². The maximum absolute atomic E-state index is 14.6. The number of anilines is 2. The number of aliphatic carboxylic acids is 4. The largest absolute Gasteiger partial charge is 0.494 e.